The number of pyridine rings is 2. The molecule has 3 heterocycles. The summed E-state index contributed by atoms with van der Waals surface area (Å²) >= 11 is 0. The topological polar surface area (TPSA) is 63.6 Å². The first kappa shape index (κ1) is 18.9. The summed E-state index contributed by atoms with van der Waals surface area (Å²) < 4.78 is 0. The van der Waals surface area contributed by atoms with Gasteiger partial charge in [0.05, 0.1) is 11.2 Å². The van der Waals surface area contributed by atoms with Gasteiger partial charge in [0.1, 0.15) is 12.1 Å². The summed E-state index contributed by atoms with van der Waals surface area (Å²) in [6, 6.07) is 24.7. The molecule has 0 aliphatic heterocycles. The van der Waals surface area contributed by atoms with Gasteiger partial charge in [-0.1, -0.05) is 42.5 Å². The molecule has 0 spiro atoms. The smallest absolute Gasteiger partial charge is 0.137 e. The van der Waals surface area contributed by atoms with E-state index in [1.54, 1.807) is 6.33 Å². The Morgan fingerprint density at radius 1 is 0.710 bits per heavy atom. The van der Waals surface area contributed by atoms with Crippen LogP contribution in [0, 0.1) is 6.92 Å². The molecule has 0 radical (unpaired) electrons. The molecule has 0 bridgehead atoms. The van der Waals surface area contributed by atoms with Gasteiger partial charge in [0.25, 0.3) is 0 Å². The van der Waals surface area contributed by atoms with Gasteiger partial charge in [0.15, 0.2) is 0 Å². The standard InChI is InChI=1S/C26H21N5/c1-18-7-9-22(16-27-18)24-12-8-19(14-28-24)15-29-26-23-11-10-21(13-25(23)30-17-31-26)20-5-3-2-4-6-20/h2-14,16-17H,15H2,1H3,(H,29,30,31). The normalized spacial score (nSPS) is 10.9. The molecule has 0 unspecified atom stereocenters. The Hall–Kier alpha value is -4.12. The fraction of sp³-hybridized carbons (Fsp3) is 0.0769. The second-order valence-corrected chi connectivity index (χ2v) is 7.41. The highest BCUT2D eigenvalue weighted by Crippen LogP contribution is 2.26. The maximum Gasteiger partial charge on any atom is 0.137 e. The molecule has 150 valence electrons. The predicted octanol–water partition coefficient (Wildman–Crippen LogP) is 5.67. The monoisotopic (exact) mass is 403 g/mol. The van der Waals surface area contributed by atoms with Gasteiger partial charge < -0.3 is 5.32 Å². The molecule has 0 fully saturated rings. The highest BCUT2D eigenvalue weighted by molar-refractivity contribution is 5.91. The van der Waals surface area contributed by atoms with Crippen molar-refractivity contribution in [3.05, 3.63) is 103 Å². The average molecular weight is 403 g/mol. The molecule has 0 saturated carbocycles. The van der Waals surface area contributed by atoms with Crippen molar-refractivity contribution in [2.45, 2.75) is 13.5 Å². The van der Waals surface area contributed by atoms with E-state index in [2.05, 4.69) is 61.7 Å². The van der Waals surface area contributed by atoms with Crippen LogP contribution < -0.4 is 5.32 Å². The van der Waals surface area contributed by atoms with Gasteiger partial charge in [-0.05, 0) is 53.9 Å². The zero-order chi connectivity index (χ0) is 21.0. The zero-order valence-corrected chi connectivity index (χ0v) is 17.2. The van der Waals surface area contributed by atoms with E-state index in [-0.39, 0.29) is 0 Å². The van der Waals surface area contributed by atoms with Crippen LogP contribution in [0.4, 0.5) is 5.82 Å². The van der Waals surface area contributed by atoms with Crippen LogP contribution in [0.1, 0.15) is 11.3 Å². The van der Waals surface area contributed by atoms with Gasteiger partial charge in [0.2, 0.25) is 0 Å². The van der Waals surface area contributed by atoms with Crippen molar-refractivity contribution >= 4 is 16.7 Å². The van der Waals surface area contributed by atoms with Crippen molar-refractivity contribution < 1.29 is 0 Å². The van der Waals surface area contributed by atoms with E-state index < -0.39 is 0 Å². The summed E-state index contributed by atoms with van der Waals surface area (Å²) in [6.07, 6.45) is 5.34. The molecular weight excluding hydrogens is 382 g/mol. The maximum absolute atomic E-state index is 4.59. The number of nitrogens with one attached hydrogen (secondary N) is 1. The molecule has 1 N–H and O–H groups in total. The second kappa shape index (κ2) is 8.32. The van der Waals surface area contributed by atoms with Crippen LogP contribution in [-0.4, -0.2) is 19.9 Å². The predicted molar refractivity (Wildman–Crippen MR) is 125 cm³/mol. The van der Waals surface area contributed by atoms with Gasteiger partial charge in [-0.15, -0.1) is 0 Å². The Balaban J connectivity index is 1.34. The number of nitrogens with zero attached hydrogens (tertiary/aromatic N) is 4. The van der Waals surface area contributed by atoms with Crippen molar-refractivity contribution in [1.82, 2.24) is 19.9 Å². The van der Waals surface area contributed by atoms with E-state index in [4.69, 9.17) is 0 Å². The zero-order valence-electron chi connectivity index (χ0n) is 17.2. The van der Waals surface area contributed by atoms with Gasteiger partial charge >= 0.3 is 0 Å². The lowest BCUT2D eigenvalue weighted by molar-refractivity contribution is 1.08. The number of aryl methyl sites for hydroxylation is 1. The van der Waals surface area contributed by atoms with Crippen LogP contribution in [-0.2, 0) is 6.54 Å². The third kappa shape index (κ3) is 4.12. The SMILES string of the molecule is Cc1ccc(-c2ccc(CNc3ncnc4cc(-c5ccccc5)ccc34)cn2)cn1. The Morgan fingerprint density at radius 3 is 2.35 bits per heavy atom. The number of fused-ring (bicyclic) bond motifs is 1. The van der Waals surface area contributed by atoms with Crippen molar-refractivity contribution in [2.24, 2.45) is 0 Å². The minimum atomic E-state index is 0.631. The summed E-state index contributed by atoms with van der Waals surface area (Å²) in [5.41, 5.74) is 7.24. The number of aromatic nitrogens is 4. The maximum atomic E-state index is 4.59. The van der Waals surface area contributed by atoms with Crippen LogP contribution >= 0.6 is 0 Å². The lowest BCUT2D eigenvalue weighted by Gasteiger charge is -2.10. The van der Waals surface area contributed by atoms with Crippen LogP contribution in [0.2, 0.25) is 0 Å². The highest BCUT2D eigenvalue weighted by atomic mass is 15.0. The van der Waals surface area contributed by atoms with E-state index in [1.807, 2.05) is 55.7 Å². The van der Waals surface area contributed by atoms with E-state index in [9.17, 15) is 0 Å². The summed E-state index contributed by atoms with van der Waals surface area (Å²) in [4.78, 5) is 17.8. The van der Waals surface area contributed by atoms with Gasteiger partial charge in [-0.2, -0.15) is 0 Å². The molecule has 0 atom stereocenters. The van der Waals surface area contributed by atoms with Crippen molar-refractivity contribution in [3.8, 4) is 22.4 Å². The van der Waals surface area contributed by atoms with E-state index >= 15 is 0 Å². The summed E-state index contributed by atoms with van der Waals surface area (Å²) in [7, 11) is 0. The Morgan fingerprint density at radius 2 is 1.58 bits per heavy atom. The molecule has 5 aromatic rings. The molecule has 31 heavy (non-hydrogen) atoms. The Kier molecular flexibility index (Phi) is 5.07. The minimum absolute atomic E-state index is 0.631. The number of benzene rings is 2. The molecule has 0 aliphatic carbocycles. The summed E-state index contributed by atoms with van der Waals surface area (Å²) in [5.74, 6) is 0.816. The highest BCUT2D eigenvalue weighted by Gasteiger charge is 2.07. The van der Waals surface area contributed by atoms with Crippen molar-refractivity contribution in [1.29, 1.82) is 0 Å². The Labute approximate surface area is 180 Å². The number of anilines is 1. The molecule has 3 aromatic heterocycles. The molecular formula is C26H21N5. The first-order chi connectivity index (χ1) is 15.3. The lowest BCUT2D eigenvalue weighted by atomic mass is 10.0. The van der Waals surface area contributed by atoms with E-state index in [1.165, 1.54) is 5.56 Å². The van der Waals surface area contributed by atoms with E-state index in [0.717, 1.165) is 44.8 Å². The van der Waals surface area contributed by atoms with Gasteiger partial charge in [0, 0.05) is 35.6 Å². The summed E-state index contributed by atoms with van der Waals surface area (Å²) in [6.45, 7) is 2.61. The fourth-order valence-electron chi connectivity index (χ4n) is 3.51. The number of hydrogen-bond acceptors (Lipinski definition) is 5. The first-order valence-corrected chi connectivity index (χ1v) is 10.2. The van der Waals surface area contributed by atoms with E-state index in [0.29, 0.717) is 6.54 Å². The fourth-order valence-corrected chi connectivity index (χ4v) is 3.51. The largest absolute Gasteiger partial charge is 0.365 e. The molecule has 0 amide bonds. The number of rotatable bonds is 5. The minimum Gasteiger partial charge on any atom is -0.365 e. The second-order valence-electron chi connectivity index (χ2n) is 7.41. The molecule has 5 rings (SSSR count). The van der Waals surface area contributed by atoms with Crippen LogP contribution in [0.15, 0.2) is 91.5 Å². The first-order valence-electron chi connectivity index (χ1n) is 10.2. The third-order valence-corrected chi connectivity index (χ3v) is 5.24. The van der Waals surface area contributed by atoms with Crippen molar-refractivity contribution in [2.75, 3.05) is 5.32 Å². The Bertz CT molecular complexity index is 1310. The molecule has 0 saturated heterocycles. The summed E-state index contributed by atoms with van der Waals surface area (Å²) in [5, 5.41) is 4.42. The molecule has 2 aromatic carbocycles. The number of hydrogen-bond donors (Lipinski definition) is 1. The van der Waals surface area contributed by atoms with Gasteiger partial charge in [-0.3, -0.25) is 9.97 Å². The average Bonchev–Trinajstić information content (AvgIpc) is 2.84. The van der Waals surface area contributed by atoms with Crippen LogP contribution in [0.5, 0.6) is 0 Å². The lowest BCUT2D eigenvalue weighted by Crippen LogP contribution is -2.03. The van der Waals surface area contributed by atoms with Crippen molar-refractivity contribution in [3.63, 3.8) is 0 Å². The quantitative estimate of drug-likeness (QED) is 0.409. The molecule has 0 aliphatic rings. The molecule has 5 heteroatoms. The third-order valence-electron chi connectivity index (χ3n) is 5.24. The van der Waals surface area contributed by atoms with Crippen LogP contribution in [0.3, 0.4) is 0 Å². The molecule has 5 nitrogen and oxygen atoms in total. The van der Waals surface area contributed by atoms with Gasteiger partial charge in [-0.25, -0.2) is 9.97 Å². The van der Waals surface area contributed by atoms with Crippen LogP contribution in [0.25, 0.3) is 33.3 Å².